The summed E-state index contributed by atoms with van der Waals surface area (Å²) < 4.78 is 42.7. The van der Waals surface area contributed by atoms with Crippen molar-refractivity contribution in [1.29, 1.82) is 0 Å². The van der Waals surface area contributed by atoms with Gasteiger partial charge in [-0.1, -0.05) is 88.0 Å². The van der Waals surface area contributed by atoms with E-state index in [9.17, 15) is 23.6 Å². The van der Waals surface area contributed by atoms with Crippen LogP contribution in [0, 0.1) is 51.4 Å². The summed E-state index contributed by atoms with van der Waals surface area (Å²) in [6, 6.07) is 15.7. The van der Waals surface area contributed by atoms with E-state index in [0.717, 1.165) is 82.4 Å². The molecule has 0 aromatic heterocycles. The molecule has 0 spiro atoms. The molecule has 0 radical (unpaired) electrons. The van der Waals surface area contributed by atoms with Crippen molar-refractivity contribution in [3.8, 4) is 0 Å². The number of methoxy groups -OCH3 is 1. The SMILES string of the molecule is COC(=O)C1C=c2c(C)c(Br)ccc2=NC1.Cc1c(Br)ccc2c1=CC(C(=O)Cl)CN=2.Cc1c(Br)ccc2c1=CC(C(=O)N(C)C)CN=2.Cc1c(Br)ccc2c1=CC(C(=O)O)CN=2.O=S(=O)(Cl)Cl.[2H]CF. The highest BCUT2D eigenvalue weighted by Crippen LogP contribution is 2.15. The predicted octanol–water partition coefficient (Wildman–Crippen LogP) is 5.56. The largest absolute Gasteiger partial charge is 0.481 e. The molecule has 4 unspecified atom stereocenters. The quantitative estimate of drug-likeness (QED) is 0.204. The number of alkyl halides is 1. The molecule has 4 aromatic rings. The van der Waals surface area contributed by atoms with Gasteiger partial charge in [-0.2, -0.15) is 8.42 Å². The Morgan fingerprint density at radius 2 is 0.900 bits per heavy atom. The van der Waals surface area contributed by atoms with Crippen LogP contribution in [0.15, 0.2) is 86.4 Å². The van der Waals surface area contributed by atoms with Crippen LogP contribution in [-0.4, -0.2) is 96.1 Å². The molecule has 0 bridgehead atoms. The van der Waals surface area contributed by atoms with Crippen molar-refractivity contribution in [3.05, 3.63) is 131 Å². The number of ether oxygens (including phenoxy) is 1. The molecule has 22 heteroatoms. The Morgan fingerprint density at radius 3 is 1.20 bits per heavy atom. The third-order valence-electron chi connectivity index (χ3n) is 10.9. The zero-order chi connectivity index (χ0) is 53.5. The lowest BCUT2D eigenvalue weighted by Crippen LogP contribution is -2.39. The van der Waals surface area contributed by atoms with Crippen molar-refractivity contribution in [2.24, 2.45) is 43.6 Å². The van der Waals surface area contributed by atoms with Crippen LogP contribution in [-0.2, 0) is 32.2 Å². The maximum absolute atomic E-state index is 11.9. The van der Waals surface area contributed by atoms with Gasteiger partial charge >= 0.3 is 20.2 Å². The molecule has 70 heavy (non-hydrogen) atoms. The zero-order valence-electron chi connectivity index (χ0n) is 39.7. The molecule has 0 saturated carbocycles. The van der Waals surface area contributed by atoms with Crippen LogP contribution in [0.25, 0.3) is 24.3 Å². The molecular formula is C48H49Br4Cl3FN5O8S. The Kier molecular flexibility index (Phi) is 23.5. The van der Waals surface area contributed by atoms with Crippen LogP contribution in [0.5, 0.6) is 0 Å². The van der Waals surface area contributed by atoms with Gasteiger partial charge < -0.3 is 14.7 Å². The molecule has 0 fully saturated rings. The van der Waals surface area contributed by atoms with E-state index in [1.54, 1.807) is 25.1 Å². The Balaban J connectivity index is 0.000000238. The lowest BCUT2D eigenvalue weighted by Gasteiger charge is -2.18. The molecule has 4 aliphatic rings. The highest BCUT2D eigenvalue weighted by Gasteiger charge is 2.21. The predicted molar refractivity (Wildman–Crippen MR) is 287 cm³/mol. The fourth-order valence-electron chi connectivity index (χ4n) is 7.01. The first kappa shape index (κ1) is 58.9. The van der Waals surface area contributed by atoms with Crippen LogP contribution in [0.1, 0.15) is 23.6 Å². The minimum Gasteiger partial charge on any atom is -0.481 e. The van der Waals surface area contributed by atoms with E-state index in [0.29, 0.717) is 26.2 Å². The van der Waals surface area contributed by atoms with Gasteiger partial charge in [0, 0.05) is 74.2 Å². The van der Waals surface area contributed by atoms with Crippen LogP contribution in [0.2, 0.25) is 0 Å². The summed E-state index contributed by atoms with van der Waals surface area (Å²) >= 11 is 19.3. The minimum atomic E-state index is -3.72. The van der Waals surface area contributed by atoms with Crippen molar-refractivity contribution in [1.82, 2.24) is 4.90 Å². The molecule has 376 valence electrons. The first-order chi connectivity index (χ1) is 33.2. The summed E-state index contributed by atoms with van der Waals surface area (Å²) in [5.41, 5.74) is 4.39. The van der Waals surface area contributed by atoms with E-state index in [1.165, 1.54) is 7.11 Å². The summed E-state index contributed by atoms with van der Waals surface area (Å²) in [5, 5.41) is 16.4. The van der Waals surface area contributed by atoms with Crippen molar-refractivity contribution in [2.45, 2.75) is 27.7 Å². The van der Waals surface area contributed by atoms with Gasteiger partial charge in [-0.15, -0.1) is 0 Å². The van der Waals surface area contributed by atoms with Gasteiger partial charge in [0.25, 0.3) is 0 Å². The first-order valence-corrected chi connectivity index (χ1v) is 27.4. The highest BCUT2D eigenvalue weighted by molar-refractivity contribution is 9.11. The average Bonchev–Trinajstić information content (AvgIpc) is 3.33. The molecule has 1 amide bonds. The number of carbonyl (C=O) groups is 4. The molecule has 4 aromatic carbocycles. The fourth-order valence-corrected chi connectivity index (χ4v) is 8.52. The Bertz CT molecular complexity index is 3220. The van der Waals surface area contributed by atoms with Gasteiger partial charge in [0.1, 0.15) is 0 Å². The average molecular weight is 1300 g/mol. The van der Waals surface area contributed by atoms with Gasteiger partial charge in [0.2, 0.25) is 11.1 Å². The second-order valence-electron chi connectivity index (χ2n) is 15.7. The van der Waals surface area contributed by atoms with E-state index in [2.05, 4.69) is 105 Å². The molecule has 0 aliphatic carbocycles. The van der Waals surface area contributed by atoms with E-state index in [4.69, 9.17) is 31.2 Å². The number of fused-ring (bicyclic) bond motifs is 4. The Labute approximate surface area is 453 Å². The molecule has 0 saturated heterocycles. The Morgan fingerprint density at radius 1 is 0.629 bits per heavy atom. The van der Waals surface area contributed by atoms with Crippen molar-refractivity contribution in [3.63, 3.8) is 0 Å². The summed E-state index contributed by atoms with van der Waals surface area (Å²) in [6.45, 7) is 9.81. The summed E-state index contributed by atoms with van der Waals surface area (Å²) in [6.07, 6.45) is 7.65. The number of carbonyl (C=O) groups excluding carboxylic acids is 3. The van der Waals surface area contributed by atoms with E-state index >= 15 is 0 Å². The second-order valence-corrected chi connectivity index (χ2v) is 23.1. The summed E-state index contributed by atoms with van der Waals surface area (Å²) in [4.78, 5) is 64.4. The molecule has 1 N–H and O–H groups in total. The smallest absolute Gasteiger partial charge is 0.317 e. The summed E-state index contributed by atoms with van der Waals surface area (Å²) in [5.74, 6) is -2.11. The molecule has 8 rings (SSSR count). The van der Waals surface area contributed by atoms with Crippen LogP contribution in [0.3, 0.4) is 0 Å². The number of hydrogen-bond donors (Lipinski definition) is 1. The maximum atomic E-state index is 11.9. The van der Waals surface area contributed by atoms with Gasteiger partial charge in [0.05, 0.1) is 86.9 Å². The van der Waals surface area contributed by atoms with Gasteiger partial charge in [-0.25, -0.2) is 0 Å². The lowest BCUT2D eigenvalue weighted by molar-refractivity contribution is -0.143. The molecule has 4 aliphatic heterocycles. The molecule has 4 atom stereocenters. The van der Waals surface area contributed by atoms with E-state index in [1.807, 2.05) is 94.5 Å². The maximum Gasteiger partial charge on any atom is 0.317 e. The zero-order valence-corrected chi connectivity index (χ0v) is 48.2. The number of nitrogens with zero attached hydrogens (tertiary/aromatic N) is 5. The number of benzene rings is 4. The highest BCUT2D eigenvalue weighted by atomic mass is 79.9. The van der Waals surface area contributed by atoms with Crippen LogP contribution < -0.4 is 42.3 Å². The van der Waals surface area contributed by atoms with Crippen molar-refractivity contribution < 1.29 is 43.2 Å². The van der Waals surface area contributed by atoms with E-state index < -0.39 is 27.3 Å². The summed E-state index contributed by atoms with van der Waals surface area (Å²) in [7, 11) is 8.77. The normalized spacial score (nSPS) is 17.6. The molecule has 4 heterocycles. The second kappa shape index (κ2) is 27.9. The van der Waals surface area contributed by atoms with Gasteiger partial charge in [-0.05, 0) is 110 Å². The Hall–Kier alpha value is -3.69. The first-order valence-electron chi connectivity index (χ1n) is 21.4. The molecule has 13 nitrogen and oxygen atoms in total. The number of carboxylic acid groups (broad SMARTS) is 1. The third-order valence-corrected chi connectivity index (χ3v) is 14.6. The van der Waals surface area contributed by atoms with Gasteiger partial charge in [0.15, 0.2) is 0 Å². The number of aliphatic carboxylic acids is 1. The fraction of sp³-hybridized carbons (Fsp3) is 0.333. The van der Waals surface area contributed by atoms with Gasteiger partial charge in [-0.3, -0.25) is 43.5 Å². The minimum absolute atomic E-state index is 0.110. The van der Waals surface area contributed by atoms with E-state index in [-0.39, 0.29) is 34.9 Å². The standard InChI is InChI=1S/C13H15BrN2O.C12H12BrNO2.C11H9BrClNO.C11H10BrNO2.CH3F.Cl2O2S/c1-8-10-6-9(13(17)16(2)3)7-15-12(10)5-4-11(8)14;1-7-9-5-8(12(15)16-2)6-14-11(9)4-3-10(7)13;1-6-8-4-7(11(13)15)5-14-10(8)3-2-9(6)12;1-6-8-4-7(11(14)15)5-13-10(8)3-2-9(6)12;1-2;1-5(2,3)4/h4-6,9H,7H2,1-3H3;3-5,8H,6H2,1-2H3;2-4,7H,5H2,1H3;2-4,7H,5H2,1H3,(H,14,15);1H3;/i;;;;1D;. The number of halogens is 8. The lowest BCUT2D eigenvalue weighted by atomic mass is 10.0. The van der Waals surface area contributed by atoms with Crippen LogP contribution >= 0.6 is 96.7 Å². The van der Waals surface area contributed by atoms with Crippen LogP contribution in [0.4, 0.5) is 4.39 Å². The molecular weight excluding hydrogens is 1250 g/mol. The number of rotatable bonds is 4. The number of amides is 1. The number of esters is 1. The monoisotopic (exact) mass is 1300 g/mol. The third kappa shape index (κ3) is 17.2. The number of hydrogen-bond acceptors (Lipinski definition) is 11. The topological polar surface area (TPSA) is 185 Å². The number of carboxylic acids is 1. The van der Waals surface area contributed by atoms with Crippen molar-refractivity contribution >= 4 is 152 Å². The van der Waals surface area contributed by atoms with Crippen molar-refractivity contribution in [2.75, 3.05) is 54.5 Å².